The summed E-state index contributed by atoms with van der Waals surface area (Å²) in [5.41, 5.74) is 3.13. The number of halogens is 1. The molecule has 27 heavy (non-hydrogen) atoms. The van der Waals surface area contributed by atoms with Gasteiger partial charge in [-0.05, 0) is 30.3 Å². The lowest BCUT2D eigenvalue weighted by molar-refractivity contribution is 0.143. The number of pyridine rings is 1. The fourth-order valence-corrected chi connectivity index (χ4v) is 3.26. The molecule has 0 fully saturated rings. The van der Waals surface area contributed by atoms with E-state index < -0.39 is 0 Å². The van der Waals surface area contributed by atoms with E-state index in [4.69, 9.17) is 26.3 Å². The highest BCUT2D eigenvalue weighted by molar-refractivity contribution is 6.30. The summed E-state index contributed by atoms with van der Waals surface area (Å²) >= 11 is 6.27. The first kappa shape index (κ1) is 17.6. The maximum atomic E-state index is 9.00. The Balaban J connectivity index is 1.45. The van der Waals surface area contributed by atoms with Crippen molar-refractivity contribution in [1.82, 2.24) is 14.5 Å². The lowest BCUT2D eigenvalue weighted by atomic mass is 9.92. The van der Waals surface area contributed by atoms with Crippen LogP contribution in [0.3, 0.4) is 0 Å². The number of imidazole rings is 1. The van der Waals surface area contributed by atoms with Crippen LogP contribution >= 0.6 is 11.6 Å². The zero-order valence-corrected chi connectivity index (χ0v) is 16.1. The lowest BCUT2D eigenvalue weighted by Crippen LogP contribution is -2.24. The second kappa shape index (κ2) is 6.43. The Hall–Kier alpha value is -2.78. The van der Waals surface area contributed by atoms with Crippen LogP contribution in [0, 0.1) is 11.3 Å². The molecule has 0 radical (unpaired) electrons. The van der Waals surface area contributed by atoms with Crippen molar-refractivity contribution in [2.75, 3.05) is 6.61 Å². The highest BCUT2D eigenvalue weighted by Crippen LogP contribution is 2.30. The molecule has 2 aromatic heterocycles. The Bertz CT molecular complexity index is 1060. The van der Waals surface area contributed by atoms with Gasteiger partial charge in [-0.25, -0.2) is 4.98 Å². The van der Waals surface area contributed by atoms with E-state index in [0.29, 0.717) is 35.6 Å². The summed E-state index contributed by atoms with van der Waals surface area (Å²) in [7, 11) is 0. The SMILES string of the molecule is CC(C)(C)c1ccc(OC[C@@H]2Cn3c(nc4cc(C#N)ccc43)O2)c(Cl)n1. The molecule has 0 N–H and O–H groups in total. The number of benzene rings is 1. The number of nitrogens with zero attached hydrogens (tertiary/aromatic N) is 4. The molecule has 3 heterocycles. The first-order chi connectivity index (χ1) is 12.8. The van der Waals surface area contributed by atoms with E-state index >= 15 is 0 Å². The number of nitriles is 1. The summed E-state index contributed by atoms with van der Waals surface area (Å²) < 4.78 is 13.7. The molecule has 0 amide bonds. The number of fused-ring (bicyclic) bond motifs is 3. The molecule has 1 aliphatic heterocycles. The molecule has 0 bridgehead atoms. The molecule has 0 aliphatic carbocycles. The van der Waals surface area contributed by atoms with Crippen LogP contribution in [-0.2, 0) is 12.0 Å². The zero-order valence-electron chi connectivity index (χ0n) is 15.4. The summed E-state index contributed by atoms with van der Waals surface area (Å²) in [5, 5.41) is 9.35. The van der Waals surface area contributed by atoms with Crippen molar-refractivity contribution in [3.63, 3.8) is 0 Å². The van der Waals surface area contributed by atoms with Crippen LogP contribution in [0.1, 0.15) is 32.0 Å². The first-order valence-corrected chi connectivity index (χ1v) is 9.10. The minimum Gasteiger partial charge on any atom is -0.486 e. The summed E-state index contributed by atoms with van der Waals surface area (Å²) in [6.07, 6.45) is -0.161. The van der Waals surface area contributed by atoms with Crippen molar-refractivity contribution in [3.8, 4) is 17.8 Å². The smallest absolute Gasteiger partial charge is 0.297 e. The highest BCUT2D eigenvalue weighted by atomic mass is 35.5. The van der Waals surface area contributed by atoms with Crippen molar-refractivity contribution in [1.29, 1.82) is 5.26 Å². The van der Waals surface area contributed by atoms with E-state index in [1.165, 1.54) is 0 Å². The number of hydrogen-bond acceptors (Lipinski definition) is 5. The summed E-state index contributed by atoms with van der Waals surface area (Å²) in [5.74, 6) is 0.543. The predicted molar refractivity (Wildman–Crippen MR) is 102 cm³/mol. The Morgan fingerprint density at radius 3 is 2.81 bits per heavy atom. The summed E-state index contributed by atoms with van der Waals surface area (Å²) in [4.78, 5) is 8.89. The molecular formula is C20H19ClN4O2. The minimum atomic E-state index is -0.161. The van der Waals surface area contributed by atoms with E-state index in [1.54, 1.807) is 12.1 Å². The predicted octanol–water partition coefficient (Wildman–Crippen LogP) is 4.09. The molecule has 1 aliphatic rings. The molecular weight excluding hydrogens is 364 g/mol. The third-order valence-corrected chi connectivity index (χ3v) is 4.78. The number of hydrogen-bond donors (Lipinski definition) is 0. The van der Waals surface area contributed by atoms with Gasteiger partial charge in [0.05, 0.1) is 29.2 Å². The number of ether oxygens (including phenoxy) is 2. The van der Waals surface area contributed by atoms with Crippen molar-refractivity contribution in [3.05, 3.63) is 46.7 Å². The van der Waals surface area contributed by atoms with Gasteiger partial charge in [0, 0.05) is 11.1 Å². The second-order valence-corrected chi connectivity index (χ2v) is 7.96. The molecule has 7 heteroatoms. The number of aromatic nitrogens is 3. The Morgan fingerprint density at radius 1 is 1.30 bits per heavy atom. The Labute approximate surface area is 162 Å². The third kappa shape index (κ3) is 3.31. The van der Waals surface area contributed by atoms with Crippen LogP contribution in [0.15, 0.2) is 30.3 Å². The fraction of sp³-hybridized carbons (Fsp3) is 0.350. The molecule has 4 rings (SSSR count). The van der Waals surface area contributed by atoms with Gasteiger partial charge in [-0.15, -0.1) is 0 Å². The Morgan fingerprint density at radius 2 is 2.11 bits per heavy atom. The molecule has 3 aromatic rings. The number of rotatable bonds is 3. The third-order valence-electron chi connectivity index (χ3n) is 4.51. The largest absolute Gasteiger partial charge is 0.486 e. The van der Waals surface area contributed by atoms with Crippen molar-refractivity contribution in [2.45, 2.75) is 38.8 Å². The van der Waals surface area contributed by atoms with E-state index in [9.17, 15) is 0 Å². The highest BCUT2D eigenvalue weighted by Gasteiger charge is 2.27. The topological polar surface area (TPSA) is 73.0 Å². The van der Waals surface area contributed by atoms with Crippen LogP contribution in [-0.4, -0.2) is 27.2 Å². The quantitative estimate of drug-likeness (QED) is 0.638. The standard InChI is InChI=1S/C20H19ClN4O2/c1-20(2,3)17-7-6-16(18(21)24-17)26-11-13-10-25-15-5-4-12(9-22)8-14(15)23-19(25)27-13/h4-8,13H,10-11H2,1-3H3/t13-/m0/s1. The van der Waals surface area contributed by atoms with Gasteiger partial charge in [0.15, 0.2) is 17.0 Å². The van der Waals surface area contributed by atoms with E-state index in [1.807, 2.05) is 22.8 Å². The Kier molecular flexibility index (Phi) is 4.20. The molecule has 1 atom stereocenters. The van der Waals surface area contributed by atoms with Crippen LogP contribution in [0.5, 0.6) is 11.8 Å². The van der Waals surface area contributed by atoms with Gasteiger partial charge in [-0.1, -0.05) is 32.4 Å². The minimum absolute atomic E-state index is 0.0710. The van der Waals surface area contributed by atoms with Gasteiger partial charge in [-0.3, -0.25) is 4.57 Å². The molecule has 0 saturated heterocycles. The maximum Gasteiger partial charge on any atom is 0.297 e. The van der Waals surface area contributed by atoms with Crippen LogP contribution < -0.4 is 9.47 Å². The van der Waals surface area contributed by atoms with Gasteiger partial charge in [0.2, 0.25) is 0 Å². The summed E-state index contributed by atoms with van der Waals surface area (Å²) in [6.45, 7) is 7.23. The van der Waals surface area contributed by atoms with Crippen LogP contribution in [0.2, 0.25) is 5.15 Å². The fourth-order valence-electron chi connectivity index (χ4n) is 3.05. The molecule has 138 valence electrons. The first-order valence-electron chi connectivity index (χ1n) is 8.72. The van der Waals surface area contributed by atoms with Crippen LogP contribution in [0.4, 0.5) is 0 Å². The van der Waals surface area contributed by atoms with Gasteiger partial charge in [0.25, 0.3) is 6.01 Å². The molecule has 0 unspecified atom stereocenters. The van der Waals surface area contributed by atoms with E-state index in [0.717, 1.165) is 16.7 Å². The summed E-state index contributed by atoms with van der Waals surface area (Å²) in [6, 6.07) is 11.9. The zero-order chi connectivity index (χ0) is 19.2. The van der Waals surface area contributed by atoms with E-state index in [-0.39, 0.29) is 11.5 Å². The molecule has 6 nitrogen and oxygen atoms in total. The normalized spacial score (nSPS) is 16.0. The molecule has 1 aromatic carbocycles. The van der Waals surface area contributed by atoms with E-state index in [2.05, 4.69) is 36.8 Å². The molecule has 0 saturated carbocycles. The van der Waals surface area contributed by atoms with Crippen molar-refractivity contribution in [2.24, 2.45) is 0 Å². The second-order valence-electron chi connectivity index (χ2n) is 7.61. The van der Waals surface area contributed by atoms with Gasteiger partial charge in [-0.2, -0.15) is 10.2 Å². The maximum absolute atomic E-state index is 9.00. The molecule has 0 spiro atoms. The van der Waals surface area contributed by atoms with Crippen LogP contribution in [0.25, 0.3) is 11.0 Å². The van der Waals surface area contributed by atoms with Gasteiger partial charge >= 0.3 is 0 Å². The van der Waals surface area contributed by atoms with Crippen molar-refractivity contribution < 1.29 is 9.47 Å². The van der Waals surface area contributed by atoms with Gasteiger partial charge < -0.3 is 9.47 Å². The lowest BCUT2D eigenvalue weighted by Gasteiger charge is -2.19. The van der Waals surface area contributed by atoms with Gasteiger partial charge in [0.1, 0.15) is 6.61 Å². The van der Waals surface area contributed by atoms with Crippen molar-refractivity contribution >= 4 is 22.6 Å². The average Bonchev–Trinajstić information content (AvgIpc) is 3.16. The average molecular weight is 383 g/mol. The monoisotopic (exact) mass is 382 g/mol.